The van der Waals surface area contributed by atoms with Gasteiger partial charge >= 0.3 is 12.1 Å². The van der Waals surface area contributed by atoms with Crippen molar-refractivity contribution in [2.24, 2.45) is 0 Å². The molecule has 0 saturated heterocycles. The van der Waals surface area contributed by atoms with Crippen molar-refractivity contribution in [2.45, 2.75) is 6.18 Å². The summed E-state index contributed by atoms with van der Waals surface area (Å²) in [7, 11) is 0. The minimum atomic E-state index is -4.74. The van der Waals surface area contributed by atoms with Gasteiger partial charge in [-0.25, -0.2) is 4.79 Å². The van der Waals surface area contributed by atoms with Gasteiger partial charge in [0.1, 0.15) is 12.4 Å². The SMILES string of the molecule is O=C(O)C1=Cc2c(c(Cl)cc(Cl)c2C(F)(F)F)OC1. The molecule has 0 bridgehead atoms. The van der Waals surface area contributed by atoms with Crippen molar-refractivity contribution < 1.29 is 27.8 Å². The van der Waals surface area contributed by atoms with Gasteiger partial charge in [0.05, 0.1) is 21.2 Å². The summed E-state index contributed by atoms with van der Waals surface area (Å²) in [6, 6.07) is 0.921. The quantitative estimate of drug-likeness (QED) is 0.856. The summed E-state index contributed by atoms with van der Waals surface area (Å²) in [6.45, 7) is -0.360. The molecule has 0 aromatic heterocycles. The molecule has 0 aliphatic carbocycles. The van der Waals surface area contributed by atoms with E-state index in [1.807, 2.05) is 0 Å². The number of halogens is 5. The summed E-state index contributed by atoms with van der Waals surface area (Å²) >= 11 is 11.3. The van der Waals surface area contributed by atoms with Gasteiger partial charge in [0.15, 0.2) is 0 Å². The van der Waals surface area contributed by atoms with Crippen molar-refractivity contribution >= 4 is 35.2 Å². The molecule has 0 fully saturated rings. The smallest absolute Gasteiger partial charge is 0.418 e. The summed E-state index contributed by atoms with van der Waals surface area (Å²) in [5.41, 5.74) is -1.93. The van der Waals surface area contributed by atoms with E-state index < -0.39 is 28.3 Å². The highest BCUT2D eigenvalue weighted by atomic mass is 35.5. The normalized spacial score (nSPS) is 14.5. The molecule has 8 heteroatoms. The Hall–Kier alpha value is -1.40. The van der Waals surface area contributed by atoms with E-state index in [2.05, 4.69) is 0 Å². The predicted octanol–water partition coefficient (Wildman–Crippen LogP) is 3.87. The zero-order valence-corrected chi connectivity index (χ0v) is 10.5. The first kappa shape index (κ1) is 14.0. The van der Waals surface area contributed by atoms with Crippen LogP contribution in [0.3, 0.4) is 0 Å². The molecule has 1 aromatic rings. The van der Waals surface area contributed by atoms with Crippen LogP contribution < -0.4 is 4.74 Å². The van der Waals surface area contributed by atoms with Gasteiger partial charge in [-0.2, -0.15) is 13.2 Å². The Morgan fingerprint density at radius 3 is 2.47 bits per heavy atom. The maximum Gasteiger partial charge on any atom is 0.418 e. The van der Waals surface area contributed by atoms with Crippen molar-refractivity contribution in [3.05, 3.63) is 32.8 Å². The fourth-order valence-electron chi connectivity index (χ4n) is 1.68. The number of benzene rings is 1. The van der Waals surface area contributed by atoms with Gasteiger partial charge in [-0.05, 0) is 12.1 Å². The monoisotopic (exact) mass is 312 g/mol. The summed E-state index contributed by atoms with van der Waals surface area (Å²) in [4.78, 5) is 10.8. The first-order chi connectivity index (χ1) is 8.71. The number of hydrogen-bond acceptors (Lipinski definition) is 2. The van der Waals surface area contributed by atoms with Crippen molar-refractivity contribution in [1.29, 1.82) is 0 Å². The number of fused-ring (bicyclic) bond motifs is 1. The minimum absolute atomic E-state index is 0.103. The number of ether oxygens (including phenoxy) is 1. The standard InChI is InChI=1S/C11H5Cl2F3O3/c12-6-2-7(13)9-5(8(6)11(14,15)16)1-4(3-19-9)10(17)18/h1-2H,3H2,(H,17,18). The first-order valence-corrected chi connectivity index (χ1v) is 5.63. The maximum atomic E-state index is 12.9. The zero-order valence-electron chi connectivity index (χ0n) is 9.02. The molecule has 1 N–H and O–H groups in total. The lowest BCUT2D eigenvalue weighted by Gasteiger charge is -2.22. The topological polar surface area (TPSA) is 46.5 Å². The van der Waals surface area contributed by atoms with E-state index in [0.717, 1.165) is 12.1 Å². The summed E-state index contributed by atoms with van der Waals surface area (Å²) in [5.74, 6) is -1.58. The van der Waals surface area contributed by atoms with E-state index in [-0.39, 0.29) is 23.0 Å². The van der Waals surface area contributed by atoms with Crippen LogP contribution in [0.5, 0.6) is 5.75 Å². The second-order valence-corrected chi connectivity index (χ2v) is 4.53. The van der Waals surface area contributed by atoms with Crippen molar-refractivity contribution in [3.63, 3.8) is 0 Å². The molecule has 19 heavy (non-hydrogen) atoms. The summed E-state index contributed by atoms with van der Waals surface area (Å²) < 4.78 is 43.8. The van der Waals surface area contributed by atoms with Gasteiger partial charge in [0.25, 0.3) is 0 Å². The molecule has 1 aromatic carbocycles. The Kier molecular flexibility index (Phi) is 3.40. The lowest BCUT2D eigenvalue weighted by molar-refractivity contribution is -0.138. The molecule has 0 spiro atoms. The second-order valence-electron chi connectivity index (χ2n) is 3.72. The highest BCUT2D eigenvalue weighted by Gasteiger charge is 2.39. The fraction of sp³-hybridized carbons (Fsp3) is 0.182. The third-order valence-corrected chi connectivity index (χ3v) is 3.05. The average Bonchev–Trinajstić information content (AvgIpc) is 2.26. The van der Waals surface area contributed by atoms with Crippen LogP contribution in [0.4, 0.5) is 13.2 Å². The molecule has 0 unspecified atom stereocenters. The number of carbonyl (C=O) groups is 1. The summed E-state index contributed by atoms with van der Waals surface area (Å²) in [6.07, 6.45) is -3.87. The van der Waals surface area contributed by atoms with Gasteiger partial charge in [-0.15, -0.1) is 0 Å². The molecule has 2 rings (SSSR count). The van der Waals surface area contributed by atoms with Crippen LogP contribution in [0.1, 0.15) is 11.1 Å². The second kappa shape index (κ2) is 4.61. The lowest BCUT2D eigenvalue weighted by Crippen LogP contribution is -2.18. The lowest BCUT2D eigenvalue weighted by atomic mass is 10.0. The number of rotatable bonds is 1. The van der Waals surface area contributed by atoms with Crippen molar-refractivity contribution in [1.82, 2.24) is 0 Å². The van der Waals surface area contributed by atoms with Gasteiger partial charge < -0.3 is 9.84 Å². The molecule has 0 amide bonds. The van der Waals surface area contributed by atoms with Crippen molar-refractivity contribution in [3.8, 4) is 5.75 Å². The van der Waals surface area contributed by atoms with Crippen LogP contribution >= 0.6 is 23.2 Å². The molecule has 1 aliphatic rings. The van der Waals surface area contributed by atoms with Gasteiger partial charge in [-0.3, -0.25) is 0 Å². The highest BCUT2D eigenvalue weighted by Crippen LogP contribution is 2.46. The molecule has 0 saturated carbocycles. The van der Waals surface area contributed by atoms with E-state index in [0.29, 0.717) is 0 Å². The Bertz CT molecular complexity index is 594. The van der Waals surface area contributed by atoms with Crippen LogP contribution in [-0.2, 0) is 11.0 Å². The zero-order chi connectivity index (χ0) is 14.4. The summed E-state index contributed by atoms with van der Waals surface area (Å²) in [5, 5.41) is 8.09. The van der Waals surface area contributed by atoms with Crippen LogP contribution in [0.25, 0.3) is 6.08 Å². The number of carboxylic acids is 1. The molecular weight excluding hydrogens is 308 g/mol. The molecular formula is C11H5Cl2F3O3. The number of aliphatic carboxylic acids is 1. The van der Waals surface area contributed by atoms with Crippen LogP contribution in [0, 0.1) is 0 Å². The van der Waals surface area contributed by atoms with Crippen LogP contribution in [0.15, 0.2) is 11.6 Å². The molecule has 3 nitrogen and oxygen atoms in total. The number of hydrogen-bond donors (Lipinski definition) is 1. The first-order valence-electron chi connectivity index (χ1n) is 4.87. The van der Waals surface area contributed by atoms with E-state index in [1.54, 1.807) is 0 Å². The fourth-order valence-corrected chi connectivity index (χ4v) is 2.32. The molecule has 102 valence electrons. The predicted molar refractivity (Wildman–Crippen MR) is 62.6 cm³/mol. The van der Waals surface area contributed by atoms with E-state index >= 15 is 0 Å². The van der Waals surface area contributed by atoms with Gasteiger partial charge in [0.2, 0.25) is 0 Å². The van der Waals surface area contributed by atoms with Gasteiger partial charge in [0, 0.05) is 5.56 Å². The van der Waals surface area contributed by atoms with Crippen LogP contribution in [-0.4, -0.2) is 17.7 Å². The minimum Gasteiger partial charge on any atom is -0.486 e. The molecule has 1 aliphatic heterocycles. The molecule has 1 heterocycles. The van der Waals surface area contributed by atoms with E-state index in [9.17, 15) is 18.0 Å². The number of alkyl halides is 3. The van der Waals surface area contributed by atoms with Gasteiger partial charge in [-0.1, -0.05) is 23.2 Å². The largest absolute Gasteiger partial charge is 0.486 e. The van der Waals surface area contributed by atoms with Crippen LogP contribution in [0.2, 0.25) is 10.0 Å². The number of carboxylic acid groups (broad SMARTS) is 1. The highest BCUT2D eigenvalue weighted by molar-refractivity contribution is 6.36. The molecule has 0 atom stereocenters. The Morgan fingerprint density at radius 1 is 1.32 bits per heavy atom. The Balaban J connectivity index is 2.76. The molecule has 0 radical (unpaired) electrons. The third kappa shape index (κ3) is 2.50. The average molecular weight is 313 g/mol. The van der Waals surface area contributed by atoms with Crippen molar-refractivity contribution in [2.75, 3.05) is 6.61 Å². The van der Waals surface area contributed by atoms with E-state index in [1.165, 1.54) is 0 Å². The Labute approximate surface area is 115 Å². The Morgan fingerprint density at radius 2 is 1.95 bits per heavy atom. The maximum absolute atomic E-state index is 12.9. The third-order valence-electron chi connectivity index (χ3n) is 2.47. The van der Waals surface area contributed by atoms with E-state index in [4.69, 9.17) is 33.0 Å².